The summed E-state index contributed by atoms with van der Waals surface area (Å²) in [4.78, 5) is 0. The molecule has 2 aromatic carbocycles. The Morgan fingerprint density at radius 3 is 2.59 bits per heavy atom. The smallest absolute Gasteiger partial charge is 0.247 e. The number of ether oxygens (including phenoxy) is 1. The minimum absolute atomic E-state index is 0.254. The van der Waals surface area contributed by atoms with E-state index in [-0.39, 0.29) is 12.4 Å². The fraction of sp³-hybridized carbons (Fsp3) is 0.125. The number of hydrogen-bond donors (Lipinski definition) is 1. The second kappa shape index (κ2) is 6.26. The summed E-state index contributed by atoms with van der Waals surface area (Å²) in [5.41, 5.74) is 1.19. The largest absolute Gasteiger partial charge is 0.497 e. The van der Waals surface area contributed by atoms with Crippen LogP contribution in [-0.2, 0) is 6.54 Å². The van der Waals surface area contributed by atoms with Gasteiger partial charge in [-0.05, 0) is 36.4 Å². The normalized spacial score (nSPS) is 10.5. The molecule has 0 bridgehead atoms. The first-order chi connectivity index (χ1) is 10.8. The monoisotopic (exact) mass is 299 g/mol. The molecule has 3 aromatic rings. The predicted octanol–water partition coefficient (Wildman–Crippen LogP) is 3.50. The van der Waals surface area contributed by atoms with E-state index in [1.54, 1.807) is 25.3 Å². The number of methoxy groups -OCH3 is 1. The van der Waals surface area contributed by atoms with Crippen LogP contribution >= 0.6 is 0 Å². The summed E-state index contributed by atoms with van der Waals surface area (Å²) < 4.78 is 24.1. The maximum atomic E-state index is 13.5. The predicted molar refractivity (Wildman–Crippen MR) is 80.0 cm³/mol. The van der Waals surface area contributed by atoms with Crippen molar-refractivity contribution in [1.82, 2.24) is 10.2 Å². The van der Waals surface area contributed by atoms with Gasteiger partial charge in [-0.2, -0.15) is 0 Å². The van der Waals surface area contributed by atoms with E-state index >= 15 is 0 Å². The lowest BCUT2D eigenvalue weighted by atomic mass is 10.2. The Bertz CT molecular complexity index is 756. The lowest BCUT2D eigenvalue weighted by Gasteiger charge is -2.03. The summed E-state index contributed by atoms with van der Waals surface area (Å²) in [5.74, 6) is 1.23. The van der Waals surface area contributed by atoms with Crippen molar-refractivity contribution < 1.29 is 13.5 Å². The van der Waals surface area contributed by atoms with Crippen molar-refractivity contribution in [2.45, 2.75) is 6.54 Å². The SMILES string of the molecule is COc1ccc(-c2nnc(CNc3ccccc3F)o2)cc1. The molecule has 112 valence electrons. The zero-order valence-corrected chi connectivity index (χ0v) is 11.9. The highest BCUT2D eigenvalue weighted by molar-refractivity contribution is 5.54. The van der Waals surface area contributed by atoms with Crippen molar-refractivity contribution in [3.63, 3.8) is 0 Å². The molecule has 0 saturated carbocycles. The van der Waals surface area contributed by atoms with Crippen LogP contribution in [0.2, 0.25) is 0 Å². The van der Waals surface area contributed by atoms with Crippen molar-refractivity contribution in [2.24, 2.45) is 0 Å². The summed E-state index contributed by atoms with van der Waals surface area (Å²) in [7, 11) is 1.61. The van der Waals surface area contributed by atoms with Crippen molar-refractivity contribution in [2.75, 3.05) is 12.4 Å². The Labute approximate surface area is 126 Å². The van der Waals surface area contributed by atoms with Crippen LogP contribution < -0.4 is 10.1 Å². The van der Waals surface area contributed by atoms with Gasteiger partial charge in [0.15, 0.2) is 0 Å². The Kier molecular flexibility index (Phi) is 4.00. The molecule has 5 nitrogen and oxygen atoms in total. The molecule has 0 fully saturated rings. The van der Waals surface area contributed by atoms with Crippen LogP contribution in [0.5, 0.6) is 5.75 Å². The van der Waals surface area contributed by atoms with Gasteiger partial charge in [-0.3, -0.25) is 0 Å². The number of hydrogen-bond acceptors (Lipinski definition) is 5. The maximum Gasteiger partial charge on any atom is 0.247 e. The average Bonchev–Trinajstić information content (AvgIpc) is 3.03. The summed E-state index contributed by atoms with van der Waals surface area (Å²) >= 11 is 0. The first-order valence-electron chi connectivity index (χ1n) is 6.71. The van der Waals surface area contributed by atoms with Crippen LogP contribution in [0.25, 0.3) is 11.5 Å². The van der Waals surface area contributed by atoms with Gasteiger partial charge in [0.05, 0.1) is 19.3 Å². The van der Waals surface area contributed by atoms with Crippen LogP contribution in [0.3, 0.4) is 0 Å². The number of halogens is 1. The van der Waals surface area contributed by atoms with Gasteiger partial charge in [0, 0.05) is 5.56 Å². The Morgan fingerprint density at radius 2 is 1.86 bits per heavy atom. The van der Waals surface area contributed by atoms with Gasteiger partial charge in [0.2, 0.25) is 11.8 Å². The van der Waals surface area contributed by atoms with Gasteiger partial charge >= 0.3 is 0 Å². The number of benzene rings is 2. The third-order valence-electron chi connectivity index (χ3n) is 3.11. The Hall–Kier alpha value is -2.89. The highest BCUT2D eigenvalue weighted by atomic mass is 19.1. The lowest BCUT2D eigenvalue weighted by molar-refractivity contribution is 0.415. The van der Waals surface area contributed by atoms with Gasteiger partial charge in [-0.15, -0.1) is 10.2 Å². The first-order valence-corrected chi connectivity index (χ1v) is 6.71. The summed E-state index contributed by atoms with van der Waals surface area (Å²) in [6.07, 6.45) is 0. The van der Waals surface area contributed by atoms with E-state index in [9.17, 15) is 4.39 Å². The fourth-order valence-electron chi connectivity index (χ4n) is 1.95. The minimum Gasteiger partial charge on any atom is -0.497 e. The molecule has 0 aliphatic heterocycles. The number of nitrogens with one attached hydrogen (secondary N) is 1. The van der Waals surface area contributed by atoms with Gasteiger partial charge in [0.1, 0.15) is 11.6 Å². The standard InChI is InChI=1S/C16H14FN3O2/c1-21-12-8-6-11(7-9-12)16-20-19-15(22-16)10-18-14-5-3-2-4-13(14)17/h2-9,18H,10H2,1H3. The van der Waals surface area contributed by atoms with Crippen molar-refractivity contribution in [1.29, 1.82) is 0 Å². The summed E-state index contributed by atoms with van der Waals surface area (Å²) in [5, 5.41) is 10.9. The number of nitrogens with zero attached hydrogens (tertiary/aromatic N) is 2. The van der Waals surface area contributed by atoms with Crippen molar-refractivity contribution in [3.8, 4) is 17.2 Å². The van der Waals surface area contributed by atoms with Crippen molar-refractivity contribution >= 4 is 5.69 Å². The molecule has 0 unspecified atom stereocenters. The number of rotatable bonds is 5. The number of para-hydroxylation sites is 1. The van der Waals surface area contributed by atoms with Crippen LogP contribution in [0.15, 0.2) is 52.9 Å². The molecule has 0 radical (unpaired) electrons. The molecule has 6 heteroatoms. The molecular formula is C16H14FN3O2. The van der Waals surface area contributed by atoms with E-state index in [2.05, 4.69) is 15.5 Å². The van der Waals surface area contributed by atoms with Crippen LogP contribution in [-0.4, -0.2) is 17.3 Å². The molecule has 1 N–H and O–H groups in total. The van der Waals surface area contributed by atoms with E-state index in [1.807, 2.05) is 24.3 Å². The Balaban J connectivity index is 1.69. The molecule has 0 atom stereocenters. The molecule has 0 spiro atoms. The van der Waals surface area contributed by atoms with Crippen LogP contribution in [0.1, 0.15) is 5.89 Å². The van der Waals surface area contributed by atoms with E-state index in [4.69, 9.17) is 9.15 Å². The van der Waals surface area contributed by atoms with Crippen LogP contribution in [0.4, 0.5) is 10.1 Å². The Morgan fingerprint density at radius 1 is 1.09 bits per heavy atom. The fourth-order valence-corrected chi connectivity index (χ4v) is 1.95. The molecule has 0 saturated heterocycles. The third-order valence-corrected chi connectivity index (χ3v) is 3.11. The van der Waals surface area contributed by atoms with E-state index in [0.29, 0.717) is 17.5 Å². The quantitative estimate of drug-likeness (QED) is 0.781. The molecular weight excluding hydrogens is 285 g/mol. The maximum absolute atomic E-state index is 13.5. The molecule has 22 heavy (non-hydrogen) atoms. The summed E-state index contributed by atoms with van der Waals surface area (Å²) in [6, 6.07) is 13.7. The second-order valence-corrected chi connectivity index (χ2v) is 4.56. The van der Waals surface area contributed by atoms with E-state index in [1.165, 1.54) is 6.07 Å². The molecule has 3 rings (SSSR count). The zero-order valence-electron chi connectivity index (χ0n) is 11.9. The molecule has 0 amide bonds. The van der Waals surface area contributed by atoms with Crippen LogP contribution in [0, 0.1) is 5.82 Å². The highest BCUT2D eigenvalue weighted by Gasteiger charge is 2.09. The number of anilines is 1. The highest BCUT2D eigenvalue weighted by Crippen LogP contribution is 2.21. The van der Waals surface area contributed by atoms with E-state index in [0.717, 1.165) is 11.3 Å². The molecule has 0 aliphatic carbocycles. The molecule has 1 heterocycles. The van der Waals surface area contributed by atoms with Gasteiger partial charge in [-0.1, -0.05) is 12.1 Å². The molecule has 1 aromatic heterocycles. The topological polar surface area (TPSA) is 60.2 Å². The van der Waals surface area contributed by atoms with Gasteiger partial charge < -0.3 is 14.5 Å². The van der Waals surface area contributed by atoms with Crippen molar-refractivity contribution in [3.05, 3.63) is 60.2 Å². The average molecular weight is 299 g/mol. The minimum atomic E-state index is -0.322. The van der Waals surface area contributed by atoms with Gasteiger partial charge in [0.25, 0.3) is 0 Å². The lowest BCUT2D eigenvalue weighted by Crippen LogP contribution is -2.01. The zero-order chi connectivity index (χ0) is 15.4. The van der Waals surface area contributed by atoms with E-state index < -0.39 is 0 Å². The third kappa shape index (κ3) is 3.06. The van der Waals surface area contributed by atoms with Gasteiger partial charge in [-0.25, -0.2) is 4.39 Å². The first kappa shape index (κ1) is 14.1. The molecule has 0 aliphatic rings. The number of aromatic nitrogens is 2. The second-order valence-electron chi connectivity index (χ2n) is 4.56. The summed E-state index contributed by atoms with van der Waals surface area (Å²) in [6.45, 7) is 0.254.